The third-order valence-electron chi connectivity index (χ3n) is 8.33. The number of nitrogens with zero attached hydrogens (tertiary/aromatic N) is 7. The van der Waals surface area contributed by atoms with Crippen molar-refractivity contribution in [3.05, 3.63) is 83.1 Å². The van der Waals surface area contributed by atoms with Gasteiger partial charge in [0, 0.05) is 38.2 Å². The van der Waals surface area contributed by atoms with Crippen molar-refractivity contribution in [1.29, 1.82) is 0 Å². The molecule has 3 aromatic rings. The van der Waals surface area contributed by atoms with Crippen molar-refractivity contribution in [2.24, 2.45) is 7.05 Å². The van der Waals surface area contributed by atoms with Gasteiger partial charge in [0.2, 0.25) is 11.1 Å². The number of tetrazole rings is 1. The van der Waals surface area contributed by atoms with Crippen LogP contribution in [0.4, 0.5) is 4.79 Å². The number of nitrogens with one attached hydrogen (secondary N) is 2. The van der Waals surface area contributed by atoms with E-state index in [1.807, 2.05) is 30.3 Å². The Kier molecular flexibility index (Phi) is 10.2. The van der Waals surface area contributed by atoms with Gasteiger partial charge in [0.1, 0.15) is 17.1 Å². The number of benzene rings is 2. The van der Waals surface area contributed by atoms with Gasteiger partial charge in [-0.3, -0.25) is 29.0 Å². The molecule has 0 saturated carbocycles. The molecule has 2 fully saturated rings. The van der Waals surface area contributed by atoms with Gasteiger partial charge in [-0.15, -0.1) is 28.6 Å². The fourth-order valence-electron chi connectivity index (χ4n) is 5.77. The Labute approximate surface area is 298 Å². The molecule has 3 aliphatic rings. The van der Waals surface area contributed by atoms with Crippen molar-refractivity contribution in [2.75, 3.05) is 30.9 Å². The maximum Gasteiger partial charge on any atom is 0.352 e. The number of rotatable bonds is 11. The van der Waals surface area contributed by atoms with Crippen LogP contribution in [0.15, 0.2) is 77.1 Å². The molecular weight excluding hydrogens is 707 g/mol. The van der Waals surface area contributed by atoms with E-state index in [9.17, 15) is 33.9 Å². The first kappa shape index (κ1) is 35.0. The van der Waals surface area contributed by atoms with E-state index in [0.717, 1.165) is 22.2 Å². The van der Waals surface area contributed by atoms with Crippen molar-refractivity contribution in [3.63, 3.8) is 0 Å². The van der Waals surface area contributed by atoms with Crippen LogP contribution in [0.2, 0.25) is 0 Å². The molecule has 0 radical (unpaired) electrons. The summed E-state index contributed by atoms with van der Waals surface area (Å²) in [7, 11) is 1.66. The maximum atomic E-state index is 14.0. The van der Waals surface area contributed by atoms with Gasteiger partial charge in [0.25, 0.3) is 5.91 Å². The lowest BCUT2D eigenvalue weighted by molar-refractivity contribution is -0.154. The van der Waals surface area contributed by atoms with Crippen molar-refractivity contribution in [1.82, 2.24) is 45.5 Å². The lowest BCUT2D eigenvalue weighted by Gasteiger charge is -2.56. The molecule has 50 heavy (non-hydrogen) atoms. The number of urea groups is 1. The number of carbonyl (C=O) groups is 6. The molecule has 6 rings (SSSR count). The quantitative estimate of drug-likeness (QED) is 0.109. The van der Waals surface area contributed by atoms with Crippen LogP contribution in [-0.2, 0) is 37.6 Å². The highest BCUT2D eigenvalue weighted by Gasteiger charge is 2.65. The number of fused-ring (bicyclic) bond motifs is 1. The minimum absolute atomic E-state index is 0.0919. The van der Waals surface area contributed by atoms with E-state index >= 15 is 0 Å². The number of carboxylic acids is 1. The Morgan fingerprint density at radius 3 is 2.38 bits per heavy atom. The summed E-state index contributed by atoms with van der Waals surface area (Å²) in [4.78, 5) is 81.7. The zero-order valence-corrected chi connectivity index (χ0v) is 29.2. The Morgan fingerprint density at radius 2 is 1.74 bits per heavy atom. The summed E-state index contributed by atoms with van der Waals surface area (Å²) in [6, 6.07) is 15.1. The number of aryl methyl sites for hydroxylation is 1. The molecule has 1 unspecified atom stereocenters. The van der Waals surface area contributed by atoms with Crippen LogP contribution in [0.3, 0.4) is 0 Å². The van der Waals surface area contributed by atoms with Crippen LogP contribution in [0, 0.1) is 0 Å². The summed E-state index contributed by atoms with van der Waals surface area (Å²) in [5, 5.41) is 26.5. The monoisotopic (exact) mass is 737 g/mol. The van der Waals surface area contributed by atoms with Gasteiger partial charge in [0.15, 0.2) is 4.87 Å². The first-order valence-corrected chi connectivity index (χ1v) is 18.4. The van der Waals surface area contributed by atoms with E-state index in [-0.39, 0.29) is 36.8 Å². The van der Waals surface area contributed by atoms with Gasteiger partial charge < -0.3 is 20.6 Å². The third-order valence-corrected chi connectivity index (χ3v) is 12.1. The number of β-lactam (4-membered cyclic amide) rings is 1. The first-order chi connectivity index (χ1) is 24.1. The SMILES string of the molecule is CS[C@@]1(NC(=O)C(NC(=O)N2CCN(Cc3ccccc3)C(=O)C2=O)c2ccccc2)C(=O)N2C(C(=O)O)=C(CSc3nnnn3C)CS[C@@H]21. The van der Waals surface area contributed by atoms with Crippen molar-refractivity contribution in [3.8, 4) is 0 Å². The fraction of sp³-hybridized carbons (Fsp3) is 0.323. The summed E-state index contributed by atoms with van der Waals surface area (Å²) in [6.07, 6.45) is 1.63. The molecule has 4 heterocycles. The zero-order chi connectivity index (χ0) is 35.6. The Bertz CT molecular complexity index is 1880. The molecule has 6 amide bonds. The number of amides is 6. The van der Waals surface area contributed by atoms with Gasteiger partial charge in [-0.05, 0) is 33.4 Å². The van der Waals surface area contributed by atoms with Gasteiger partial charge in [-0.2, -0.15) is 0 Å². The lowest BCUT2D eigenvalue weighted by Crippen LogP contribution is -2.78. The van der Waals surface area contributed by atoms with Crippen LogP contribution in [-0.4, -0.2) is 117 Å². The zero-order valence-electron chi connectivity index (χ0n) is 26.7. The van der Waals surface area contributed by atoms with Gasteiger partial charge in [-0.1, -0.05) is 72.4 Å². The average molecular weight is 738 g/mol. The fourth-order valence-corrected chi connectivity index (χ4v) is 9.38. The topological polar surface area (TPSA) is 200 Å². The molecule has 1 aromatic heterocycles. The smallest absolute Gasteiger partial charge is 0.352 e. The van der Waals surface area contributed by atoms with Crippen LogP contribution >= 0.6 is 35.3 Å². The number of aromatic nitrogens is 4. The van der Waals surface area contributed by atoms with E-state index in [1.165, 1.54) is 38.0 Å². The van der Waals surface area contributed by atoms with Crippen molar-refractivity contribution >= 4 is 70.9 Å². The van der Waals surface area contributed by atoms with Gasteiger partial charge in [0.05, 0.1) is 0 Å². The number of aliphatic carboxylic acids is 1. The second-order valence-electron chi connectivity index (χ2n) is 11.4. The number of carboxylic acid groups (broad SMARTS) is 1. The second-order valence-corrected chi connectivity index (χ2v) is 14.4. The van der Waals surface area contributed by atoms with Crippen LogP contribution in [0.1, 0.15) is 17.2 Å². The standard InChI is InChI=1S/C31H31N9O7S3/c1-37-30(34-35-36-37)50-17-20-16-49-28-31(48-2,27(46)40(28)22(20)26(44)45)33-23(41)21(19-11-7-4-8-12-19)32-29(47)39-14-13-38(24(42)25(39)43)15-18-9-5-3-6-10-18/h3-12,21,28H,13-17H2,1-2H3,(H,32,47)(H,33,41)(H,44,45)/t21?,28-,31+/m1/s1. The molecule has 2 saturated heterocycles. The number of carbonyl (C=O) groups excluding carboxylic acids is 5. The van der Waals surface area contributed by atoms with Crippen LogP contribution in [0.25, 0.3) is 0 Å². The molecule has 0 aliphatic carbocycles. The highest BCUT2D eigenvalue weighted by molar-refractivity contribution is 8.05. The van der Waals surface area contributed by atoms with E-state index in [2.05, 4.69) is 26.2 Å². The van der Waals surface area contributed by atoms with Crippen LogP contribution in [0.5, 0.6) is 0 Å². The first-order valence-electron chi connectivity index (χ1n) is 15.2. The van der Waals surface area contributed by atoms with Gasteiger partial charge in [-0.25, -0.2) is 14.3 Å². The van der Waals surface area contributed by atoms with E-state index in [0.29, 0.717) is 16.3 Å². The number of imide groups is 1. The third kappa shape index (κ3) is 6.54. The van der Waals surface area contributed by atoms with E-state index in [1.54, 1.807) is 43.6 Å². The molecule has 0 spiro atoms. The summed E-state index contributed by atoms with van der Waals surface area (Å²) >= 11 is 3.58. The predicted molar refractivity (Wildman–Crippen MR) is 183 cm³/mol. The number of hydrogen-bond donors (Lipinski definition) is 3. The largest absolute Gasteiger partial charge is 0.477 e. The summed E-state index contributed by atoms with van der Waals surface area (Å²) in [5.74, 6) is -4.07. The summed E-state index contributed by atoms with van der Waals surface area (Å²) in [5.41, 5.74) is 1.53. The predicted octanol–water partition coefficient (Wildman–Crippen LogP) is 1.05. The highest BCUT2D eigenvalue weighted by Crippen LogP contribution is 2.51. The molecule has 3 atom stereocenters. The minimum Gasteiger partial charge on any atom is -0.477 e. The maximum absolute atomic E-state index is 14.0. The molecule has 0 bridgehead atoms. The molecule has 16 nitrogen and oxygen atoms in total. The van der Waals surface area contributed by atoms with Crippen LogP contribution < -0.4 is 10.6 Å². The number of thioether (sulfide) groups is 3. The molecule has 3 N–H and O–H groups in total. The molecule has 19 heteroatoms. The van der Waals surface area contributed by atoms with Crippen molar-refractivity contribution in [2.45, 2.75) is 28.0 Å². The molecule has 2 aromatic carbocycles. The van der Waals surface area contributed by atoms with E-state index in [4.69, 9.17) is 0 Å². The lowest BCUT2D eigenvalue weighted by atomic mass is 10.00. The molecule has 3 aliphatic heterocycles. The molecular formula is C31H31N9O7S3. The summed E-state index contributed by atoms with van der Waals surface area (Å²) < 4.78 is 1.45. The summed E-state index contributed by atoms with van der Waals surface area (Å²) in [6.45, 7) is 0.212. The molecule has 260 valence electrons. The highest BCUT2D eigenvalue weighted by atomic mass is 32.2. The Hall–Kier alpha value is -4.88. The average Bonchev–Trinajstić information content (AvgIpc) is 3.54. The Balaban J connectivity index is 1.18. The Morgan fingerprint density at radius 1 is 1.04 bits per heavy atom. The normalized spacial score (nSPS) is 21.0. The van der Waals surface area contributed by atoms with Crippen molar-refractivity contribution < 1.29 is 33.9 Å². The number of hydrogen-bond acceptors (Lipinski definition) is 12. The number of piperazine rings is 1. The minimum atomic E-state index is -1.55. The van der Waals surface area contributed by atoms with Gasteiger partial charge >= 0.3 is 23.8 Å². The van der Waals surface area contributed by atoms with E-state index < -0.39 is 51.9 Å². The second kappa shape index (κ2) is 14.5.